The van der Waals surface area contributed by atoms with Crippen LogP contribution in [-0.2, 0) is 4.79 Å². The van der Waals surface area contributed by atoms with Gasteiger partial charge in [0.2, 0.25) is 5.91 Å². The number of benzene rings is 1. The van der Waals surface area contributed by atoms with Crippen LogP contribution in [0.2, 0.25) is 0 Å². The van der Waals surface area contributed by atoms with E-state index >= 15 is 0 Å². The van der Waals surface area contributed by atoms with Crippen LogP contribution in [0.4, 0.5) is 5.69 Å². The Morgan fingerprint density at radius 2 is 2.00 bits per heavy atom. The van der Waals surface area contributed by atoms with Crippen LogP contribution in [0.1, 0.15) is 45.1 Å². The Morgan fingerprint density at radius 1 is 1.24 bits per heavy atom. The zero-order valence-corrected chi connectivity index (χ0v) is 13.3. The second kappa shape index (κ2) is 5.70. The SMILES string of the molecule is CC1CC(C)C(C)N(C(=O)C2CCNc3ccccc32)C1. The lowest BCUT2D eigenvalue weighted by Crippen LogP contribution is -2.50. The number of likely N-dealkylation sites (tertiary alicyclic amines) is 1. The van der Waals surface area contributed by atoms with Crippen LogP contribution >= 0.6 is 0 Å². The third-order valence-corrected chi connectivity index (χ3v) is 5.26. The number of fused-ring (bicyclic) bond motifs is 1. The van der Waals surface area contributed by atoms with Crippen LogP contribution in [0.15, 0.2) is 24.3 Å². The van der Waals surface area contributed by atoms with Gasteiger partial charge in [0.25, 0.3) is 0 Å². The Kier molecular flexibility index (Phi) is 3.92. The number of hydrogen-bond acceptors (Lipinski definition) is 2. The van der Waals surface area contributed by atoms with Crippen molar-refractivity contribution < 1.29 is 4.79 Å². The van der Waals surface area contributed by atoms with Crippen molar-refractivity contribution in [3.05, 3.63) is 29.8 Å². The van der Waals surface area contributed by atoms with Gasteiger partial charge in [0.05, 0.1) is 5.92 Å². The van der Waals surface area contributed by atoms with E-state index in [4.69, 9.17) is 0 Å². The molecule has 0 radical (unpaired) electrons. The van der Waals surface area contributed by atoms with Crippen molar-refractivity contribution in [1.29, 1.82) is 0 Å². The minimum Gasteiger partial charge on any atom is -0.385 e. The molecule has 3 nitrogen and oxygen atoms in total. The van der Waals surface area contributed by atoms with E-state index in [2.05, 4.69) is 43.1 Å². The molecule has 1 aromatic rings. The number of hydrogen-bond donors (Lipinski definition) is 1. The first kappa shape index (κ1) is 14.4. The van der Waals surface area contributed by atoms with Crippen LogP contribution in [0, 0.1) is 11.8 Å². The summed E-state index contributed by atoms with van der Waals surface area (Å²) in [6.45, 7) is 8.55. The summed E-state index contributed by atoms with van der Waals surface area (Å²) in [5.41, 5.74) is 2.31. The molecule has 0 aliphatic carbocycles. The molecule has 2 aliphatic rings. The summed E-state index contributed by atoms with van der Waals surface area (Å²) in [4.78, 5) is 15.3. The number of rotatable bonds is 1. The first-order valence-electron chi connectivity index (χ1n) is 8.21. The summed E-state index contributed by atoms with van der Waals surface area (Å²) in [6, 6.07) is 8.62. The Bertz CT molecular complexity index is 528. The van der Waals surface area contributed by atoms with Crippen molar-refractivity contribution in [2.75, 3.05) is 18.4 Å². The molecule has 2 heterocycles. The smallest absolute Gasteiger partial charge is 0.230 e. The van der Waals surface area contributed by atoms with E-state index in [-0.39, 0.29) is 5.92 Å². The minimum atomic E-state index is 0.0300. The molecule has 114 valence electrons. The molecule has 1 saturated heterocycles. The van der Waals surface area contributed by atoms with E-state index in [1.807, 2.05) is 12.1 Å². The molecule has 3 heteroatoms. The van der Waals surface area contributed by atoms with Gasteiger partial charge >= 0.3 is 0 Å². The lowest BCUT2D eigenvalue weighted by atomic mass is 9.83. The third kappa shape index (κ3) is 2.66. The molecular weight excluding hydrogens is 260 g/mol. The normalized spacial score (nSPS) is 32.2. The Labute approximate surface area is 127 Å². The van der Waals surface area contributed by atoms with Crippen molar-refractivity contribution in [2.24, 2.45) is 11.8 Å². The molecular formula is C18H26N2O. The predicted octanol–water partition coefficient (Wildman–Crippen LogP) is 3.48. The molecule has 1 fully saturated rings. The summed E-state index contributed by atoms with van der Waals surface area (Å²) in [5, 5.41) is 3.41. The van der Waals surface area contributed by atoms with Gasteiger partial charge < -0.3 is 10.2 Å². The van der Waals surface area contributed by atoms with Crippen molar-refractivity contribution in [3.8, 4) is 0 Å². The van der Waals surface area contributed by atoms with Gasteiger partial charge in [-0.2, -0.15) is 0 Å². The van der Waals surface area contributed by atoms with Gasteiger partial charge in [0.1, 0.15) is 0 Å². The van der Waals surface area contributed by atoms with E-state index in [9.17, 15) is 4.79 Å². The topological polar surface area (TPSA) is 32.3 Å². The number of nitrogens with one attached hydrogen (secondary N) is 1. The lowest BCUT2D eigenvalue weighted by Gasteiger charge is -2.43. The zero-order valence-electron chi connectivity index (χ0n) is 13.3. The molecule has 2 aliphatic heterocycles. The zero-order chi connectivity index (χ0) is 15.0. The highest BCUT2D eigenvalue weighted by Crippen LogP contribution is 2.35. The molecule has 21 heavy (non-hydrogen) atoms. The number of para-hydroxylation sites is 1. The average Bonchev–Trinajstić information content (AvgIpc) is 2.49. The largest absolute Gasteiger partial charge is 0.385 e. The van der Waals surface area contributed by atoms with E-state index < -0.39 is 0 Å². The number of amides is 1. The van der Waals surface area contributed by atoms with E-state index in [0.29, 0.717) is 23.8 Å². The Hall–Kier alpha value is -1.51. The summed E-state index contributed by atoms with van der Waals surface area (Å²) in [7, 11) is 0. The van der Waals surface area contributed by atoms with Crippen LogP contribution < -0.4 is 5.32 Å². The van der Waals surface area contributed by atoms with Gasteiger partial charge in [0.15, 0.2) is 0 Å². The maximum Gasteiger partial charge on any atom is 0.230 e. The van der Waals surface area contributed by atoms with Gasteiger partial charge in [-0.3, -0.25) is 4.79 Å². The molecule has 4 atom stereocenters. The van der Waals surface area contributed by atoms with E-state index in [0.717, 1.165) is 25.2 Å². The van der Waals surface area contributed by atoms with Gasteiger partial charge in [-0.25, -0.2) is 0 Å². The van der Waals surface area contributed by atoms with Crippen molar-refractivity contribution in [3.63, 3.8) is 0 Å². The Morgan fingerprint density at radius 3 is 2.81 bits per heavy atom. The number of nitrogens with zero attached hydrogens (tertiary/aromatic N) is 1. The molecule has 0 spiro atoms. The fraction of sp³-hybridized carbons (Fsp3) is 0.611. The number of carbonyl (C=O) groups is 1. The van der Waals surface area contributed by atoms with Gasteiger partial charge in [-0.15, -0.1) is 0 Å². The maximum absolute atomic E-state index is 13.1. The van der Waals surface area contributed by atoms with E-state index in [1.54, 1.807) is 0 Å². The average molecular weight is 286 g/mol. The highest BCUT2D eigenvalue weighted by atomic mass is 16.2. The predicted molar refractivity (Wildman–Crippen MR) is 86.4 cm³/mol. The highest BCUT2D eigenvalue weighted by Gasteiger charge is 2.36. The van der Waals surface area contributed by atoms with Crippen LogP contribution in [0.25, 0.3) is 0 Å². The lowest BCUT2D eigenvalue weighted by molar-refractivity contribution is -0.138. The van der Waals surface area contributed by atoms with Crippen molar-refractivity contribution in [2.45, 2.75) is 45.6 Å². The molecule has 4 unspecified atom stereocenters. The van der Waals surface area contributed by atoms with Crippen molar-refractivity contribution >= 4 is 11.6 Å². The van der Waals surface area contributed by atoms with Gasteiger partial charge in [-0.05, 0) is 43.2 Å². The summed E-state index contributed by atoms with van der Waals surface area (Å²) in [6.07, 6.45) is 2.13. The molecule has 3 rings (SSSR count). The monoisotopic (exact) mass is 286 g/mol. The fourth-order valence-electron chi connectivity index (χ4n) is 3.93. The van der Waals surface area contributed by atoms with Gasteiger partial charge in [-0.1, -0.05) is 32.0 Å². The first-order valence-corrected chi connectivity index (χ1v) is 8.21. The van der Waals surface area contributed by atoms with Crippen molar-refractivity contribution in [1.82, 2.24) is 4.90 Å². The number of piperidine rings is 1. The van der Waals surface area contributed by atoms with Gasteiger partial charge in [0, 0.05) is 24.8 Å². The second-order valence-corrected chi connectivity index (χ2v) is 6.90. The molecule has 1 aromatic carbocycles. The Balaban J connectivity index is 1.85. The molecule has 1 amide bonds. The summed E-state index contributed by atoms with van der Waals surface area (Å²) >= 11 is 0. The second-order valence-electron chi connectivity index (χ2n) is 6.90. The van der Waals surface area contributed by atoms with E-state index in [1.165, 1.54) is 12.0 Å². The summed E-state index contributed by atoms with van der Waals surface area (Å²) in [5.74, 6) is 1.56. The van der Waals surface area contributed by atoms with Crippen LogP contribution in [0.5, 0.6) is 0 Å². The van der Waals surface area contributed by atoms with Crippen LogP contribution in [0.3, 0.4) is 0 Å². The molecule has 0 bridgehead atoms. The minimum absolute atomic E-state index is 0.0300. The molecule has 0 aromatic heterocycles. The third-order valence-electron chi connectivity index (χ3n) is 5.26. The molecule has 0 saturated carbocycles. The molecule has 1 N–H and O–H groups in total. The number of anilines is 1. The van der Waals surface area contributed by atoms with Crippen LogP contribution in [-0.4, -0.2) is 29.9 Å². The standard InChI is InChI=1S/C18H26N2O/c1-12-10-13(2)14(3)20(11-12)18(21)16-8-9-19-17-7-5-4-6-15(16)17/h4-7,12-14,16,19H,8-11H2,1-3H3. The maximum atomic E-state index is 13.1. The first-order chi connectivity index (χ1) is 10.1. The summed E-state index contributed by atoms with van der Waals surface area (Å²) < 4.78 is 0. The number of carbonyl (C=O) groups excluding carboxylic acids is 1. The quantitative estimate of drug-likeness (QED) is 0.857. The fourth-order valence-corrected chi connectivity index (χ4v) is 3.93. The highest BCUT2D eigenvalue weighted by molar-refractivity contribution is 5.86.